The van der Waals surface area contributed by atoms with Gasteiger partial charge in [0.25, 0.3) is 0 Å². The Labute approximate surface area is 217 Å². The number of aliphatic imine (C=N–C) groups is 1. The first-order chi connectivity index (χ1) is 17.2. The number of carbonyl (C=O) groups is 2. The SMILES string of the molecule is CC1=C(C(=O)OC(C)C)[C@H](c2ccc(C)cc2C)N2C(CC(=O)NCCN3CCOCC3)=CSC2=N1. The summed E-state index contributed by atoms with van der Waals surface area (Å²) in [4.78, 5) is 35.3. The highest BCUT2D eigenvalue weighted by molar-refractivity contribution is 8.16. The van der Waals surface area contributed by atoms with E-state index in [9.17, 15) is 9.59 Å². The lowest BCUT2D eigenvalue weighted by atomic mass is 9.90. The molecule has 1 saturated heterocycles. The van der Waals surface area contributed by atoms with Crippen molar-refractivity contribution in [1.29, 1.82) is 0 Å². The van der Waals surface area contributed by atoms with Crippen LogP contribution in [0.2, 0.25) is 0 Å². The number of rotatable bonds is 8. The highest BCUT2D eigenvalue weighted by Crippen LogP contribution is 2.45. The summed E-state index contributed by atoms with van der Waals surface area (Å²) in [6.45, 7) is 14.3. The Hall–Kier alpha value is -2.62. The molecule has 1 aromatic carbocycles. The average Bonchev–Trinajstić information content (AvgIpc) is 3.20. The molecule has 3 aliphatic heterocycles. The molecule has 0 spiro atoms. The van der Waals surface area contributed by atoms with Crippen molar-refractivity contribution in [2.75, 3.05) is 39.4 Å². The number of thioether (sulfide) groups is 1. The molecule has 9 heteroatoms. The number of aryl methyl sites for hydroxylation is 2. The Bertz CT molecular complexity index is 1100. The average molecular weight is 513 g/mol. The molecule has 1 atom stereocenters. The lowest BCUT2D eigenvalue weighted by Gasteiger charge is -2.37. The molecular formula is C27H36N4O4S. The summed E-state index contributed by atoms with van der Waals surface area (Å²) >= 11 is 1.49. The highest BCUT2D eigenvalue weighted by Gasteiger charge is 2.41. The van der Waals surface area contributed by atoms with Gasteiger partial charge in [0, 0.05) is 31.9 Å². The Morgan fingerprint density at radius 3 is 2.67 bits per heavy atom. The van der Waals surface area contributed by atoms with Crippen molar-refractivity contribution in [3.63, 3.8) is 0 Å². The van der Waals surface area contributed by atoms with Gasteiger partial charge >= 0.3 is 5.97 Å². The number of ether oxygens (including phenoxy) is 2. The molecule has 0 aliphatic carbocycles. The van der Waals surface area contributed by atoms with Gasteiger partial charge in [0.1, 0.15) is 0 Å². The summed E-state index contributed by atoms with van der Waals surface area (Å²) in [6, 6.07) is 5.83. The van der Waals surface area contributed by atoms with Crippen molar-refractivity contribution in [3.05, 3.63) is 57.3 Å². The fourth-order valence-corrected chi connectivity index (χ4v) is 5.70. The van der Waals surface area contributed by atoms with E-state index in [0.717, 1.165) is 60.4 Å². The Morgan fingerprint density at radius 1 is 1.22 bits per heavy atom. The number of hydrogen-bond donors (Lipinski definition) is 1. The monoisotopic (exact) mass is 512 g/mol. The van der Waals surface area contributed by atoms with Crippen LogP contribution in [0.25, 0.3) is 0 Å². The van der Waals surface area contributed by atoms with Crippen LogP contribution >= 0.6 is 11.8 Å². The smallest absolute Gasteiger partial charge is 0.338 e. The second-order valence-electron chi connectivity index (χ2n) is 9.69. The molecule has 0 saturated carbocycles. The second kappa shape index (κ2) is 11.6. The number of esters is 1. The zero-order chi connectivity index (χ0) is 25.8. The highest BCUT2D eigenvalue weighted by atomic mass is 32.2. The summed E-state index contributed by atoms with van der Waals surface area (Å²) in [7, 11) is 0. The van der Waals surface area contributed by atoms with Crippen LogP contribution in [0, 0.1) is 13.8 Å². The fraction of sp³-hybridized carbons (Fsp3) is 0.519. The number of morpholine rings is 1. The maximum Gasteiger partial charge on any atom is 0.338 e. The molecule has 1 N–H and O–H groups in total. The third kappa shape index (κ3) is 6.02. The number of hydrogen-bond acceptors (Lipinski definition) is 8. The topological polar surface area (TPSA) is 83.5 Å². The van der Waals surface area contributed by atoms with E-state index >= 15 is 0 Å². The molecule has 1 aromatic rings. The Morgan fingerprint density at radius 2 is 1.97 bits per heavy atom. The van der Waals surface area contributed by atoms with E-state index in [1.54, 1.807) is 0 Å². The maximum atomic E-state index is 13.3. The summed E-state index contributed by atoms with van der Waals surface area (Å²) in [5, 5.41) is 5.80. The number of amides is 1. The van der Waals surface area contributed by atoms with Crippen LogP contribution < -0.4 is 5.32 Å². The predicted molar refractivity (Wildman–Crippen MR) is 142 cm³/mol. The summed E-state index contributed by atoms with van der Waals surface area (Å²) in [5.41, 5.74) is 5.22. The normalized spacial score (nSPS) is 20.3. The van der Waals surface area contributed by atoms with Gasteiger partial charge in [0.05, 0.1) is 43.1 Å². The molecule has 4 rings (SSSR count). The number of nitrogens with one attached hydrogen (secondary N) is 1. The molecule has 0 aromatic heterocycles. The van der Waals surface area contributed by atoms with Crippen molar-refractivity contribution < 1.29 is 19.1 Å². The zero-order valence-electron chi connectivity index (χ0n) is 21.8. The second-order valence-corrected chi connectivity index (χ2v) is 10.5. The van der Waals surface area contributed by atoms with Gasteiger partial charge in [0.15, 0.2) is 5.17 Å². The van der Waals surface area contributed by atoms with E-state index in [-0.39, 0.29) is 24.4 Å². The minimum atomic E-state index is -0.410. The fourth-order valence-electron chi connectivity index (χ4n) is 4.74. The lowest BCUT2D eigenvalue weighted by Crippen LogP contribution is -2.42. The molecular weight excluding hydrogens is 476 g/mol. The van der Waals surface area contributed by atoms with E-state index in [0.29, 0.717) is 17.8 Å². The van der Waals surface area contributed by atoms with E-state index in [2.05, 4.69) is 42.3 Å². The Kier molecular flexibility index (Phi) is 8.54. The van der Waals surface area contributed by atoms with Crippen LogP contribution in [0.1, 0.15) is 49.9 Å². The van der Waals surface area contributed by atoms with E-state index in [1.807, 2.05) is 31.1 Å². The van der Waals surface area contributed by atoms with Gasteiger partial charge in [-0.15, -0.1) is 0 Å². The molecule has 8 nitrogen and oxygen atoms in total. The Balaban J connectivity index is 1.56. The van der Waals surface area contributed by atoms with Gasteiger partial charge in [0.2, 0.25) is 5.91 Å². The predicted octanol–water partition coefficient (Wildman–Crippen LogP) is 3.67. The quantitative estimate of drug-likeness (QED) is 0.532. The van der Waals surface area contributed by atoms with Crippen molar-refractivity contribution in [2.24, 2.45) is 4.99 Å². The standard InChI is InChI=1S/C27H36N4O4S/c1-17(2)35-26(33)24-20(5)29-27-31(25(24)22-7-6-18(3)14-19(22)4)21(16-36-27)15-23(32)28-8-9-30-10-12-34-13-11-30/h6-7,14,16-17,25H,8-13,15H2,1-5H3,(H,28,32)/t25-/m0/s1. The van der Waals surface area contributed by atoms with Crippen LogP contribution in [0.4, 0.5) is 0 Å². The third-order valence-electron chi connectivity index (χ3n) is 6.48. The first kappa shape index (κ1) is 26.4. The van der Waals surface area contributed by atoms with Crippen LogP contribution in [0.15, 0.2) is 45.6 Å². The van der Waals surface area contributed by atoms with Crippen LogP contribution in [0.5, 0.6) is 0 Å². The minimum Gasteiger partial charge on any atom is -0.459 e. The van der Waals surface area contributed by atoms with Gasteiger partial charge in [-0.2, -0.15) is 0 Å². The van der Waals surface area contributed by atoms with Gasteiger partial charge in [-0.3, -0.25) is 9.69 Å². The first-order valence-electron chi connectivity index (χ1n) is 12.5. The van der Waals surface area contributed by atoms with Gasteiger partial charge in [-0.25, -0.2) is 9.79 Å². The van der Waals surface area contributed by atoms with Crippen molar-refractivity contribution in [2.45, 2.75) is 53.2 Å². The molecule has 0 radical (unpaired) electrons. The zero-order valence-corrected chi connectivity index (χ0v) is 22.6. The van der Waals surface area contributed by atoms with Crippen molar-refractivity contribution in [1.82, 2.24) is 15.1 Å². The lowest BCUT2D eigenvalue weighted by molar-refractivity contribution is -0.143. The summed E-state index contributed by atoms with van der Waals surface area (Å²) in [5.74, 6) is -0.421. The molecule has 0 bridgehead atoms. The number of allylic oxidation sites excluding steroid dienone is 1. The number of nitrogens with zero attached hydrogens (tertiary/aromatic N) is 3. The number of benzene rings is 1. The largest absolute Gasteiger partial charge is 0.459 e. The number of amidine groups is 1. The maximum absolute atomic E-state index is 13.3. The van der Waals surface area contributed by atoms with Crippen LogP contribution in [0.3, 0.4) is 0 Å². The molecule has 0 unspecified atom stereocenters. The molecule has 36 heavy (non-hydrogen) atoms. The van der Waals surface area contributed by atoms with Gasteiger partial charge < -0.3 is 19.7 Å². The van der Waals surface area contributed by atoms with Crippen LogP contribution in [-0.2, 0) is 19.1 Å². The van der Waals surface area contributed by atoms with E-state index < -0.39 is 6.04 Å². The van der Waals surface area contributed by atoms with Crippen molar-refractivity contribution in [3.8, 4) is 0 Å². The number of fused-ring (bicyclic) bond motifs is 1. The molecule has 194 valence electrons. The molecule has 1 fully saturated rings. The molecule has 1 amide bonds. The van der Waals surface area contributed by atoms with Crippen molar-refractivity contribution >= 4 is 28.8 Å². The first-order valence-corrected chi connectivity index (χ1v) is 13.4. The van der Waals surface area contributed by atoms with Crippen LogP contribution in [-0.4, -0.2) is 72.3 Å². The van der Waals surface area contributed by atoms with E-state index in [1.165, 1.54) is 11.8 Å². The number of carbonyl (C=O) groups excluding carboxylic acids is 2. The minimum absolute atomic E-state index is 0.0479. The van der Waals surface area contributed by atoms with E-state index in [4.69, 9.17) is 14.5 Å². The molecule has 3 heterocycles. The molecule has 3 aliphatic rings. The summed E-state index contributed by atoms with van der Waals surface area (Å²) < 4.78 is 11.0. The van der Waals surface area contributed by atoms with Gasteiger partial charge in [-0.05, 0) is 51.2 Å². The van der Waals surface area contributed by atoms with Gasteiger partial charge in [-0.1, -0.05) is 35.5 Å². The summed E-state index contributed by atoms with van der Waals surface area (Å²) in [6.07, 6.45) is -0.0367. The third-order valence-corrected chi connectivity index (χ3v) is 7.37.